The normalized spacial score (nSPS) is 18.2. The number of para-hydroxylation sites is 1. The molecule has 0 fully saturated rings. The van der Waals surface area contributed by atoms with Gasteiger partial charge in [-0.2, -0.15) is 0 Å². The molecule has 1 N–H and O–H groups in total. The number of ketones is 1. The highest BCUT2D eigenvalue weighted by Gasteiger charge is 2.29. The molecule has 1 aromatic carbocycles. The highest BCUT2D eigenvalue weighted by Crippen LogP contribution is 2.41. The zero-order valence-corrected chi connectivity index (χ0v) is 12.8. The van der Waals surface area contributed by atoms with Crippen LogP contribution in [0.15, 0.2) is 36.1 Å². The maximum Gasteiger partial charge on any atom is 0.176 e. The van der Waals surface area contributed by atoms with Crippen LogP contribution in [-0.4, -0.2) is 15.5 Å². The van der Waals surface area contributed by atoms with Crippen molar-refractivity contribution in [1.29, 1.82) is 0 Å². The first-order chi connectivity index (χ1) is 9.89. The Morgan fingerprint density at radius 3 is 2.67 bits per heavy atom. The van der Waals surface area contributed by atoms with Gasteiger partial charge < -0.3 is 9.67 Å². The van der Waals surface area contributed by atoms with Gasteiger partial charge in [-0.15, -0.1) is 0 Å². The molecule has 0 bridgehead atoms. The van der Waals surface area contributed by atoms with Crippen LogP contribution in [0.5, 0.6) is 0 Å². The van der Waals surface area contributed by atoms with Crippen LogP contribution in [-0.2, 0) is 0 Å². The summed E-state index contributed by atoms with van der Waals surface area (Å²) < 4.78 is 1.95. The molecule has 1 aliphatic rings. The van der Waals surface area contributed by atoms with Gasteiger partial charge in [0.25, 0.3) is 0 Å². The number of fused-ring (bicyclic) bond motifs is 1. The molecule has 2 aromatic rings. The second-order valence-corrected chi connectivity index (χ2v) is 6.71. The molecule has 3 heteroatoms. The Kier molecular flexibility index (Phi) is 3.16. The first-order valence-corrected chi connectivity index (χ1v) is 7.42. The molecular weight excluding hydrogens is 262 g/mol. The molecule has 0 spiro atoms. The van der Waals surface area contributed by atoms with E-state index in [0.29, 0.717) is 17.9 Å². The van der Waals surface area contributed by atoms with Crippen molar-refractivity contribution >= 4 is 22.4 Å². The minimum Gasteiger partial charge on any atom is -0.510 e. The largest absolute Gasteiger partial charge is 0.510 e. The van der Waals surface area contributed by atoms with Crippen molar-refractivity contribution in [2.45, 2.75) is 40.0 Å². The molecular formula is C18H21NO2. The van der Waals surface area contributed by atoms with E-state index < -0.39 is 0 Å². The Labute approximate surface area is 124 Å². The van der Waals surface area contributed by atoms with E-state index in [1.165, 1.54) is 0 Å². The predicted octanol–water partition coefficient (Wildman–Crippen LogP) is 4.78. The fourth-order valence-electron chi connectivity index (χ4n) is 3.19. The molecule has 0 aliphatic heterocycles. The molecule has 3 nitrogen and oxygen atoms in total. The van der Waals surface area contributed by atoms with Gasteiger partial charge in [-0.05, 0) is 30.4 Å². The van der Waals surface area contributed by atoms with Crippen LogP contribution in [0.25, 0.3) is 16.6 Å². The highest BCUT2D eigenvalue weighted by molar-refractivity contribution is 6.00. The Balaban J connectivity index is 2.24. The Hall–Kier alpha value is -2.03. The number of carbonyl (C=O) groups is 1. The second kappa shape index (κ2) is 4.76. The van der Waals surface area contributed by atoms with E-state index in [1.54, 1.807) is 6.92 Å². The molecule has 1 heterocycles. The molecule has 3 rings (SSSR count). The molecule has 1 aliphatic carbocycles. The van der Waals surface area contributed by atoms with Crippen molar-refractivity contribution in [3.63, 3.8) is 0 Å². The Morgan fingerprint density at radius 2 is 2.00 bits per heavy atom. The topological polar surface area (TPSA) is 42.2 Å². The quantitative estimate of drug-likeness (QED) is 0.806. The summed E-state index contributed by atoms with van der Waals surface area (Å²) in [7, 11) is 0. The predicted molar refractivity (Wildman–Crippen MR) is 85.4 cm³/mol. The number of allylic oxidation sites excluding steroid dienone is 2. The summed E-state index contributed by atoms with van der Waals surface area (Å²) in [4.78, 5) is 12.0. The fourth-order valence-corrected chi connectivity index (χ4v) is 3.19. The Bertz CT molecular complexity index is 750. The summed E-state index contributed by atoms with van der Waals surface area (Å²) in [5.74, 6) is 0.437. The third-order valence-electron chi connectivity index (χ3n) is 4.36. The smallest absolute Gasteiger partial charge is 0.176 e. The molecule has 0 amide bonds. The first-order valence-electron chi connectivity index (χ1n) is 7.42. The van der Waals surface area contributed by atoms with E-state index in [1.807, 2.05) is 34.9 Å². The average Bonchev–Trinajstić information content (AvgIpc) is 2.77. The van der Waals surface area contributed by atoms with Gasteiger partial charge in [0.15, 0.2) is 5.78 Å². The number of Topliss-reactive ketones (excluding diaryl/α,β-unsaturated/α-hetero) is 1. The van der Waals surface area contributed by atoms with Gasteiger partial charge in [0.1, 0.15) is 5.76 Å². The summed E-state index contributed by atoms with van der Waals surface area (Å²) in [6.07, 6.45) is 2.46. The van der Waals surface area contributed by atoms with Crippen LogP contribution in [0, 0.1) is 5.41 Å². The molecule has 0 saturated carbocycles. The van der Waals surface area contributed by atoms with Gasteiger partial charge >= 0.3 is 0 Å². The van der Waals surface area contributed by atoms with Crippen LogP contribution >= 0.6 is 0 Å². The zero-order valence-electron chi connectivity index (χ0n) is 12.8. The lowest BCUT2D eigenvalue weighted by Crippen LogP contribution is -2.21. The van der Waals surface area contributed by atoms with Crippen molar-refractivity contribution in [2.75, 3.05) is 0 Å². The lowest BCUT2D eigenvalue weighted by molar-refractivity contribution is 0.101. The number of aliphatic hydroxyl groups excluding tert-OH is 1. The lowest BCUT2D eigenvalue weighted by Gasteiger charge is -2.31. The number of nitrogens with zero attached hydrogens (tertiary/aromatic N) is 1. The van der Waals surface area contributed by atoms with E-state index in [-0.39, 0.29) is 11.2 Å². The van der Waals surface area contributed by atoms with E-state index in [0.717, 1.165) is 29.4 Å². The first kappa shape index (κ1) is 13.9. The maximum atomic E-state index is 12.0. The minimum atomic E-state index is 0.0244. The summed E-state index contributed by atoms with van der Waals surface area (Å²) in [5, 5.41) is 11.5. The fraction of sp³-hybridized carbons (Fsp3) is 0.389. The van der Waals surface area contributed by atoms with Crippen molar-refractivity contribution in [3.05, 3.63) is 41.8 Å². The molecule has 0 radical (unpaired) electrons. The van der Waals surface area contributed by atoms with Crippen LogP contribution in [0.3, 0.4) is 0 Å². The van der Waals surface area contributed by atoms with Crippen LogP contribution in [0.4, 0.5) is 0 Å². The number of aliphatic hydroxyl groups is 1. The average molecular weight is 283 g/mol. The number of benzene rings is 1. The van der Waals surface area contributed by atoms with Crippen molar-refractivity contribution in [1.82, 2.24) is 4.57 Å². The van der Waals surface area contributed by atoms with E-state index in [2.05, 4.69) is 13.8 Å². The molecule has 0 unspecified atom stereocenters. The number of hydrogen-bond donors (Lipinski definition) is 1. The third-order valence-corrected chi connectivity index (χ3v) is 4.36. The third kappa shape index (κ3) is 2.37. The lowest BCUT2D eigenvalue weighted by atomic mass is 9.79. The van der Waals surface area contributed by atoms with Gasteiger partial charge in [-0.25, -0.2) is 0 Å². The summed E-state index contributed by atoms with van der Waals surface area (Å²) in [5.41, 5.74) is 2.63. The van der Waals surface area contributed by atoms with E-state index in [9.17, 15) is 9.90 Å². The summed E-state index contributed by atoms with van der Waals surface area (Å²) in [6, 6.07) is 9.85. The number of aromatic nitrogens is 1. The molecule has 110 valence electrons. The minimum absolute atomic E-state index is 0.0244. The van der Waals surface area contributed by atoms with Gasteiger partial charge in [0.05, 0.1) is 16.9 Å². The van der Waals surface area contributed by atoms with E-state index in [4.69, 9.17) is 0 Å². The second-order valence-electron chi connectivity index (χ2n) is 6.71. The maximum absolute atomic E-state index is 12.0. The van der Waals surface area contributed by atoms with Crippen LogP contribution in [0.2, 0.25) is 0 Å². The van der Waals surface area contributed by atoms with Crippen LogP contribution < -0.4 is 0 Å². The van der Waals surface area contributed by atoms with Crippen LogP contribution in [0.1, 0.15) is 50.5 Å². The van der Waals surface area contributed by atoms with Gasteiger partial charge in [0, 0.05) is 18.7 Å². The molecule has 21 heavy (non-hydrogen) atoms. The van der Waals surface area contributed by atoms with Crippen molar-refractivity contribution < 1.29 is 9.90 Å². The van der Waals surface area contributed by atoms with Gasteiger partial charge in [0.2, 0.25) is 0 Å². The van der Waals surface area contributed by atoms with Gasteiger partial charge in [-0.1, -0.05) is 32.0 Å². The zero-order chi connectivity index (χ0) is 15.2. The molecule has 1 aromatic heterocycles. The number of hydrogen-bond acceptors (Lipinski definition) is 2. The highest BCUT2D eigenvalue weighted by atomic mass is 16.3. The standard InChI is InChI=1S/C18H21NO2/c1-12(20)16-10-13-6-4-5-7-14(13)19(16)15-8-9-18(2,3)11-17(15)21/h4-7,10,21H,8-9,11H2,1-3H3. The van der Waals surface area contributed by atoms with Crippen molar-refractivity contribution in [3.8, 4) is 0 Å². The molecule has 0 saturated heterocycles. The Morgan fingerprint density at radius 1 is 1.29 bits per heavy atom. The van der Waals surface area contributed by atoms with Crippen molar-refractivity contribution in [2.24, 2.45) is 5.41 Å². The number of carbonyl (C=O) groups excluding carboxylic acids is 1. The summed E-state index contributed by atoms with van der Waals surface area (Å²) >= 11 is 0. The summed E-state index contributed by atoms with van der Waals surface area (Å²) in [6.45, 7) is 5.91. The van der Waals surface area contributed by atoms with E-state index >= 15 is 0 Å². The van der Waals surface area contributed by atoms with Gasteiger partial charge in [-0.3, -0.25) is 4.79 Å². The monoisotopic (exact) mass is 283 g/mol. The molecule has 0 atom stereocenters. The SMILES string of the molecule is CC(=O)c1cc2ccccc2n1C1=C(O)CC(C)(C)CC1. The number of rotatable bonds is 2.